The van der Waals surface area contributed by atoms with Crippen molar-refractivity contribution in [3.63, 3.8) is 0 Å². The van der Waals surface area contributed by atoms with Crippen LogP contribution in [0.2, 0.25) is 0 Å². The fourth-order valence-electron chi connectivity index (χ4n) is 2.36. The molecule has 1 amide bonds. The molecule has 112 valence electrons. The number of nitrogens with one attached hydrogen (secondary N) is 1. The Balaban J connectivity index is 1.54. The highest BCUT2D eigenvalue weighted by atomic mass is 16.4. The molecule has 1 saturated heterocycles. The Morgan fingerprint density at radius 1 is 1.33 bits per heavy atom. The Kier molecular flexibility index (Phi) is 3.98. The van der Waals surface area contributed by atoms with Crippen LogP contribution in [0.25, 0.3) is 0 Å². The van der Waals surface area contributed by atoms with Gasteiger partial charge < -0.3 is 14.4 Å². The molecule has 0 unspecified atom stereocenters. The van der Waals surface area contributed by atoms with Gasteiger partial charge in [0, 0.05) is 26.2 Å². The predicted octanol–water partition coefficient (Wildman–Crippen LogP) is -0.152. The molecule has 0 radical (unpaired) electrons. The van der Waals surface area contributed by atoms with Gasteiger partial charge in [0.25, 0.3) is 5.91 Å². The number of aliphatic hydroxyl groups is 1. The maximum absolute atomic E-state index is 12.3. The minimum Gasteiger partial charge on any atom is -0.453 e. The van der Waals surface area contributed by atoms with Crippen LogP contribution in [0.5, 0.6) is 0 Å². The molecule has 2 aromatic rings. The molecule has 0 atom stereocenters. The molecule has 2 N–H and O–H groups in total. The van der Waals surface area contributed by atoms with Gasteiger partial charge in [0.15, 0.2) is 5.76 Å². The Labute approximate surface area is 121 Å². The summed E-state index contributed by atoms with van der Waals surface area (Å²) in [6.07, 6.45) is 1.49. The zero-order chi connectivity index (χ0) is 14.7. The monoisotopic (exact) mass is 291 g/mol. The van der Waals surface area contributed by atoms with Crippen LogP contribution in [0.3, 0.4) is 0 Å². The molecule has 0 bridgehead atoms. The van der Waals surface area contributed by atoms with Crippen molar-refractivity contribution in [2.24, 2.45) is 0 Å². The van der Waals surface area contributed by atoms with Crippen LogP contribution in [0.1, 0.15) is 22.1 Å². The molecule has 8 heteroatoms. The first-order valence-electron chi connectivity index (χ1n) is 6.81. The lowest BCUT2D eigenvalue weighted by atomic mass is 10.3. The third kappa shape index (κ3) is 3.11. The number of amides is 1. The van der Waals surface area contributed by atoms with Crippen LogP contribution >= 0.6 is 0 Å². The summed E-state index contributed by atoms with van der Waals surface area (Å²) in [7, 11) is 0. The molecule has 0 saturated carbocycles. The minimum atomic E-state index is -0.196. The minimum absolute atomic E-state index is 0.131. The lowest BCUT2D eigenvalue weighted by Gasteiger charge is -2.33. The molecular formula is C13H17N5O3. The highest BCUT2D eigenvalue weighted by Crippen LogP contribution is 2.13. The summed E-state index contributed by atoms with van der Waals surface area (Å²) >= 11 is 0. The van der Waals surface area contributed by atoms with Crippen LogP contribution in [-0.2, 0) is 13.2 Å². The molecule has 2 aromatic heterocycles. The first-order valence-corrected chi connectivity index (χ1v) is 6.81. The molecule has 0 spiro atoms. The van der Waals surface area contributed by atoms with Crippen molar-refractivity contribution in [1.82, 2.24) is 25.0 Å². The molecule has 0 aromatic carbocycles. The summed E-state index contributed by atoms with van der Waals surface area (Å²) in [5.74, 6) is 1.38. The summed E-state index contributed by atoms with van der Waals surface area (Å²) in [6.45, 7) is 3.35. The molecule has 0 aliphatic carbocycles. The van der Waals surface area contributed by atoms with Crippen molar-refractivity contribution in [1.29, 1.82) is 0 Å². The zero-order valence-electron chi connectivity index (χ0n) is 11.5. The number of aromatic nitrogens is 3. The summed E-state index contributed by atoms with van der Waals surface area (Å²) in [5.41, 5.74) is 0. The van der Waals surface area contributed by atoms with E-state index in [0.29, 0.717) is 25.4 Å². The van der Waals surface area contributed by atoms with Crippen molar-refractivity contribution < 1.29 is 14.3 Å². The molecule has 1 aliphatic heterocycles. The number of hydrogen-bond acceptors (Lipinski definition) is 6. The summed E-state index contributed by atoms with van der Waals surface area (Å²) < 4.78 is 5.28. The molecule has 3 heterocycles. The second kappa shape index (κ2) is 6.06. The van der Waals surface area contributed by atoms with Crippen LogP contribution in [-0.4, -0.2) is 62.2 Å². The summed E-state index contributed by atoms with van der Waals surface area (Å²) in [6, 6.07) is 3.22. The number of piperazine rings is 1. The van der Waals surface area contributed by atoms with E-state index < -0.39 is 0 Å². The first-order chi connectivity index (χ1) is 10.3. The molecule has 8 nitrogen and oxygen atoms in total. The van der Waals surface area contributed by atoms with E-state index in [1.165, 1.54) is 6.33 Å². The van der Waals surface area contributed by atoms with Crippen molar-refractivity contribution in [2.75, 3.05) is 26.2 Å². The van der Waals surface area contributed by atoms with E-state index in [2.05, 4.69) is 20.1 Å². The zero-order valence-corrected chi connectivity index (χ0v) is 11.5. The van der Waals surface area contributed by atoms with Crippen molar-refractivity contribution in [2.45, 2.75) is 13.2 Å². The van der Waals surface area contributed by atoms with Crippen LogP contribution in [0.15, 0.2) is 22.9 Å². The maximum atomic E-state index is 12.3. The predicted molar refractivity (Wildman–Crippen MR) is 72.2 cm³/mol. The van der Waals surface area contributed by atoms with Crippen molar-refractivity contribution in [3.8, 4) is 0 Å². The van der Waals surface area contributed by atoms with E-state index in [4.69, 9.17) is 9.52 Å². The van der Waals surface area contributed by atoms with E-state index in [1.807, 2.05) is 0 Å². The Hall–Kier alpha value is -2.19. The fraction of sp³-hybridized carbons (Fsp3) is 0.462. The number of rotatable bonds is 4. The van der Waals surface area contributed by atoms with Crippen LogP contribution in [0, 0.1) is 0 Å². The smallest absolute Gasteiger partial charge is 0.289 e. The Bertz CT molecular complexity index is 587. The number of carbonyl (C=O) groups excluding carboxylic acids is 1. The van der Waals surface area contributed by atoms with Gasteiger partial charge in [-0.25, -0.2) is 4.98 Å². The molecule has 21 heavy (non-hydrogen) atoms. The number of carbonyl (C=O) groups is 1. The Morgan fingerprint density at radius 2 is 2.14 bits per heavy atom. The maximum Gasteiger partial charge on any atom is 0.289 e. The average molecular weight is 291 g/mol. The average Bonchev–Trinajstić information content (AvgIpc) is 3.18. The van der Waals surface area contributed by atoms with Gasteiger partial charge in [0.2, 0.25) is 0 Å². The van der Waals surface area contributed by atoms with Crippen LogP contribution in [0.4, 0.5) is 0 Å². The third-order valence-corrected chi connectivity index (χ3v) is 3.53. The van der Waals surface area contributed by atoms with Gasteiger partial charge in [-0.3, -0.25) is 14.8 Å². The lowest BCUT2D eigenvalue weighted by Crippen LogP contribution is -2.48. The first kappa shape index (κ1) is 13.8. The van der Waals surface area contributed by atoms with Crippen LogP contribution < -0.4 is 0 Å². The quantitative estimate of drug-likeness (QED) is 0.812. The lowest BCUT2D eigenvalue weighted by molar-refractivity contribution is 0.0591. The van der Waals surface area contributed by atoms with Gasteiger partial charge in [-0.05, 0) is 12.1 Å². The number of furan rings is 1. The molecule has 3 rings (SSSR count). The second-order valence-corrected chi connectivity index (χ2v) is 4.92. The standard InChI is InChI=1S/C13H17N5O3/c19-8-10-1-2-11(21-10)13(20)18-5-3-17(4-6-18)7-12-14-9-15-16-12/h1-2,9,19H,3-8H2,(H,14,15,16). The van der Waals surface area contributed by atoms with E-state index >= 15 is 0 Å². The molecule has 1 aliphatic rings. The second-order valence-electron chi connectivity index (χ2n) is 4.92. The van der Waals surface area contributed by atoms with Gasteiger partial charge in [-0.2, -0.15) is 5.10 Å². The van der Waals surface area contributed by atoms with Crippen molar-refractivity contribution >= 4 is 5.91 Å². The topological polar surface area (TPSA) is 98.5 Å². The summed E-state index contributed by atoms with van der Waals surface area (Å²) in [4.78, 5) is 20.3. The normalized spacial score (nSPS) is 16.3. The highest BCUT2D eigenvalue weighted by Gasteiger charge is 2.24. The van der Waals surface area contributed by atoms with Gasteiger partial charge in [0.1, 0.15) is 24.5 Å². The van der Waals surface area contributed by atoms with E-state index in [1.54, 1.807) is 17.0 Å². The molecular weight excluding hydrogens is 274 g/mol. The largest absolute Gasteiger partial charge is 0.453 e. The number of nitrogens with zero attached hydrogens (tertiary/aromatic N) is 4. The fourth-order valence-corrected chi connectivity index (χ4v) is 2.36. The number of H-pyrrole nitrogens is 1. The van der Waals surface area contributed by atoms with Crippen molar-refractivity contribution in [3.05, 3.63) is 35.8 Å². The Morgan fingerprint density at radius 3 is 2.76 bits per heavy atom. The van der Waals surface area contributed by atoms with Gasteiger partial charge >= 0.3 is 0 Å². The third-order valence-electron chi connectivity index (χ3n) is 3.53. The van der Waals surface area contributed by atoms with E-state index in [0.717, 1.165) is 18.9 Å². The highest BCUT2D eigenvalue weighted by molar-refractivity contribution is 5.91. The van der Waals surface area contributed by atoms with Gasteiger partial charge in [-0.1, -0.05) is 0 Å². The van der Waals surface area contributed by atoms with Gasteiger partial charge in [-0.15, -0.1) is 0 Å². The summed E-state index contributed by atoms with van der Waals surface area (Å²) in [5, 5.41) is 15.6. The molecule has 1 fully saturated rings. The SMILES string of the molecule is O=C(c1ccc(CO)o1)N1CCN(Cc2ncn[nH]2)CC1. The number of aliphatic hydroxyl groups excluding tert-OH is 1. The van der Waals surface area contributed by atoms with E-state index in [9.17, 15) is 4.79 Å². The van der Waals surface area contributed by atoms with E-state index in [-0.39, 0.29) is 18.3 Å². The number of hydrogen-bond donors (Lipinski definition) is 2. The van der Waals surface area contributed by atoms with Gasteiger partial charge in [0.05, 0.1) is 6.54 Å². The number of aromatic amines is 1.